The number of hydrogen-bond donors (Lipinski definition) is 0. The van der Waals surface area contributed by atoms with Crippen LogP contribution in [0, 0.1) is 11.8 Å². The van der Waals surface area contributed by atoms with E-state index in [1.54, 1.807) is 0 Å². The molecule has 0 aliphatic carbocycles. The van der Waals surface area contributed by atoms with Gasteiger partial charge in [0.05, 0.1) is 0 Å². The Hall–Kier alpha value is 0.520. The Balaban J connectivity index is 2.98. The van der Waals surface area contributed by atoms with Crippen LogP contribution in [0.25, 0.3) is 0 Å². The molecular formula is C8H12Br2. The lowest BCUT2D eigenvalue weighted by Gasteiger charge is -1.84. The van der Waals surface area contributed by atoms with Gasteiger partial charge in [-0.3, -0.25) is 0 Å². The molecule has 58 valence electrons. The van der Waals surface area contributed by atoms with E-state index >= 15 is 0 Å². The van der Waals surface area contributed by atoms with Crippen LogP contribution in [0.1, 0.15) is 25.7 Å². The molecule has 0 amide bonds. The third-order valence-electron chi connectivity index (χ3n) is 0.996. The Kier molecular flexibility index (Phi) is 10.0. The van der Waals surface area contributed by atoms with Crippen LogP contribution < -0.4 is 0 Å². The molecule has 0 saturated heterocycles. The van der Waals surface area contributed by atoms with Crippen LogP contribution in [0.3, 0.4) is 0 Å². The zero-order valence-corrected chi connectivity index (χ0v) is 9.17. The summed E-state index contributed by atoms with van der Waals surface area (Å²) in [5.41, 5.74) is 0. The second kappa shape index (κ2) is 9.52. The molecule has 2 heteroatoms. The molecule has 0 N–H and O–H groups in total. The minimum absolute atomic E-state index is 1.04. The molecule has 10 heavy (non-hydrogen) atoms. The van der Waals surface area contributed by atoms with Crippen molar-refractivity contribution in [2.45, 2.75) is 25.7 Å². The molecular weight excluding hydrogens is 256 g/mol. The molecule has 0 rings (SSSR count). The molecule has 0 bridgehead atoms. The predicted octanol–water partition coefficient (Wildman–Crippen LogP) is 3.34. The summed E-state index contributed by atoms with van der Waals surface area (Å²) in [4.78, 5) is 0. The van der Waals surface area contributed by atoms with Crippen molar-refractivity contribution in [1.82, 2.24) is 0 Å². The van der Waals surface area contributed by atoms with E-state index in [4.69, 9.17) is 0 Å². The van der Waals surface area contributed by atoms with Crippen molar-refractivity contribution >= 4 is 31.9 Å². The number of hydrogen-bond acceptors (Lipinski definition) is 0. The van der Waals surface area contributed by atoms with Gasteiger partial charge < -0.3 is 0 Å². The van der Waals surface area contributed by atoms with E-state index in [-0.39, 0.29) is 0 Å². The molecule has 0 aliphatic heterocycles. The van der Waals surface area contributed by atoms with Crippen molar-refractivity contribution in [2.24, 2.45) is 0 Å². The normalized spacial score (nSPS) is 8.60. The van der Waals surface area contributed by atoms with Crippen molar-refractivity contribution in [3.8, 4) is 11.8 Å². The maximum absolute atomic E-state index is 3.36. The third kappa shape index (κ3) is 8.52. The fraction of sp³-hybridized carbons (Fsp3) is 0.750. The average molecular weight is 268 g/mol. The van der Waals surface area contributed by atoms with Gasteiger partial charge in [-0.05, 0) is 12.8 Å². The molecule has 0 fully saturated rings. The Morgan fingerprint density at radius 2 is 1.20 bits per heavy atom. The van der Waals surface area contributed by atoms with E-state index < -0.39 is 0 Å². The van der Waals surface area contributed by atoms with Gasteiger partial charge in [0.25, 0.3) is 0 Å². The van der Waals surface area contributed by atoms with Crippen LogP contribution in [0.4, 0.5) is 0 Å². The molecule has 0 heterocycles. The highest BCUT2D eigenvalue weighted by Gasteiger charge is 1.78. The minimum atomic E-state index is 1.04. The lowest BCUT2D eigenvalue weighted by molar-refractivity contribution is 0.981. The smallest absolute Gasteiger partial charge is 0.00966 e. The van der Waals surface area contributed by atoms with Gasteiger partial charge in [0.2, 0.25) is 0 Å². The van der Waals surface area contributed by atoms with Crippen molar-refractivity contribution in [2.75, 3.05) is 10.7 Å². The first kappa shape index (κ1) is 10.5. The fourth-order valence-corrected chi connectivity index (χ4v) is 1.05. The molecule has 0 aliphatic rings. The largest absolute Gasteiger partial charge is 0.103 e. The zero-order valence-electron chi connectivity index (χ0n) is 6.00. The second-order valence-corrected chi connectivity index (χ2v) is 3.52. The van der Waals surface area contributed by atoms with Crippen LogP contribution in [0.2, 0.25) is 0 Å². The first-order chi connectivity index (χ1) is 4.91. The van der Waals surface area contributed by atoms with E-state index in [0.29, 0.717) is 0 Å². The molecule has 0 aromatic carbocycles. The minimum Gasteiger partial charge on any atom is -0.103 e. The highest BCUT2D eigenvalue weighted by molar-refractivity contribution is 9.09. The maximum atomic E-state index is 3.36. The molecule has 0 saturated carbocycles. The highest BCUT2D eigenvalue weighted by atomic mass is 79.9. The van der Waals surface area contributed by atoms with Gasteiger partial charge >= 0.3 is 0 Å². The summed E-state index contributed by atoms with van der Waals surface area (Å²) in [5.74, 6) is 6.24. The zero-order chi connectivity index (χ0) is 7.66. The van der Waals surface area contributed by atoms with Crippen LogP contribution in [-0.2, 0) is 0 Å². The average Bonchev–Trinajstić information content (AvgIpc) is 1.97. The van der Waals surface area contributed by atoms with E-state index in [2.05, 4.69) is 43.7 Å². The molecule has 0 aromatic heterocycles. The van der Waals surface area contributed by atoms with Crippen LogP contribution in [0.15, 0.2) is 0 Å². The van der Waals surface area contributed by atoms with Gasteiger partial charge in [-0.2, -0.15) is 0 Å². The Bertz CT molecular complexity index is 98.2. The van der Waals surface area contributed by atoms with E-state index in [9.17, 15) is 0 Å². The number of alkyl halides is 2. The molecule has 0 aromatic rings. The second-order valence-electron chi connectivity index (χ2n) is 1.94. The number of unbranched alkanes of at least 4 members (excludes halogenated alkanes) is 2. The summed E-state index contributed by atoms with van der Waals surface area (Å²) in [6, 6.07) is 0. The monoisotopic (exact) mass is 266 g/mol. The number of rotatable bonds is 4. The maximum Gasteiger partial charge on any atom is 0.00966 e. The summed E-state index contributed by atoms with van der Waals surface area (Å²) in [5, 5.41) is 2.14. The van der Waals surface area contributed by atoms with Crippen molar-refractivity contribution in [1.29, 1.82) is 0 Å². The van der Waals surface area contributed by atoms with Crippen LogP contribution >= 0.6 is 31.9 Å². The standard InChI is InChI=1S/C8H12Br2/c9-7-5-3-1-2-4-6-8-10/h3-8H2. The van der Waals surface area contributed by atoms with E-state index in [0.717, 1.165) is 23.5 Å². The summed E-state index contributed by atoms with van der Waals surface area (Å²) in [6.07, 6.45) is 4.41. The topological polar surface area (TPSA) is 0 Å². The summed E-state index contributed by atoms with van der Waals surface area (Å²) < 4.78 is 0. The van der Waals surface area contributed by atoms with Gasteiger partial charge in [-0.15, -0.1) is 11.8 Å². The molecule has 0 radical (unpaired) electrons. The van der Waals surface area contributed by atoms with E-state index in [1.807, 2.05) is 0 Å². The summed E-state index contributed by atoms with van der Waals surface area (Å²) in [6.45, 7) is 0. The summed E-state index contributed by atoms with van der Waals surface area (Å²) in [7, 11) is 0. The lowest BCUT2D eigenvalue weighted by atomic mass is 10.3. The van der Waals surface area contributed by atoms with E-state index in [1.165, 1.54) is 12.8 Å². The lowest BCUT2D eigenvalue weighted by Crippen LogP contribution is -1.73. The van der Waals surface area contributed by atoms with Gasteiger partial charge in [0, 0.05) is 23.5 Å². The Morgan fingerprint density at radius 3 is 1.50 bits per heavy atom. The van der Waals surface area contributed by atoms with Crippen molar-refractivity contribution in [3.63, 3.8) is 0 Å². The Morgan fingerprint density at radius 1 is 0.800 bits per heavy atom. The molecule has 0 spiro atoms. The Labute approximate surface area is 80.0 Å². The van der Waals surface area contributed by atoms with Crippen molar-refractivity contribution < 1.29 is 0 Å². The van der Waals surface area contributed by atoms with Gasteiger partial charge in [0.15, 0.2) is 0 Å². The number of halogens is 2. The van der Waals surface area contributed by atoms with Crippen molar-refractivity contribution in [3.05, 3.63) is 0 Å². The molecule has 0 nitrogen and oxygen atoms in total. The van der Waals surface area contributed by atoms with Gasteiger partial charge in [-0.25, -0.2) is 0 Å². The first-order valence-electron chi connectivity index (χ1n) is 3.49. The quantitative estimate of drug-likeness (QED) is 0.416. The summed E-state index contributed by atoms with van der Waals surface area (Å²) >= 11 is 6.71. The fourth-order valence-electron chi connectivity index (χ4n) is 0.487. The van der Waals surface area contributed by atoms with Crippen LogP contribution in [0.5, 0.6) is 0 Å². The third-order valence-corrected chi connectivity index (χ3v) is 2.12. The highest BCUT2D eigenvalue weighted by Crippen LogP contribution is 1.94. The molecule has 0 unspecified atom stereocenters. The molecule has 0 atom stereocenters. The van der Waals surface area contributed by atoms with Crippen LogP contribution in [-0.4, -0.2) is 10.7 Å². The predicted molar refractivity (Wildman–Crippen MR) is 53.8 cm³/mol. The first-order valence-corrected chi connectivity index (χ1v) is 5.73. The van der Waals surface area contributed by atoms with Gasteiger partial charge in [-0.1, -0.05) is 31.9 Å². The van der Waals surface area contributed by atoms with Gasteiger partial charge in [0.1, 0.15) is 0 Å². The SMILES string of the molecule is BrCCCC#CCCCBr.